The molecule has 25 heavy (non-hydrogen) atoms. The van der Waals surface area contributed by atoms with E-state index in [1.807, 2.05) is 6.20 Å². The monoisotopic (exact) mass is 338 g/mol. The lowest BCUT2D eigenvalue weighted by Crippen LogP contribution is -2.43. The van der Waals surface area contributed by atoms with Crippen molar-refractivity contribution in [2.75, 3.05) is 18.4 Å². The summed E-state index contributed by atoms with van der Waals surface area (Å²) in [5.74, 6) is 1.92. The predicted molar refractivity (Wildman–Crippen MR) is 97.8 cm³/mol. The molecule has 0 bridgehead atoms. The van der Waals surface area contributed by atoms with Crippen molar-refractivity contribution >= 4 is 11.6 Å². The molecule has 1 atom stereocenters. The molecule has 2 aliphatic rings. The van der Waals surface area contributed by atoms with Crippen molar-refractivity contribution in [3.63, 3.8) is 0 Å². The first-order chi connectivity index (χ1) is 12.4. The Bertz CT molecular complexity index is 671. The third-order valence-corrected chi connectivity index (χ3v) is 5.43. The maximum atomic E-state index is 4.80. The molecule has 1 saturated carbocycles. The molecule has 2 aromatic heterocycles. The van der Waals surface area contributed by atoms with Gasteiger partial charge in [0.15, 0.2) is 0 Å². The minimum absolute atomic E-state index is 0.479. The zero-order chi connectivity index (χ0) is 16.9. The Morgan fingerprint density at radius 3 is 2.60 bits per heavy atom. The minimum atomic E-state index is 0.479. The lowest BCUT2D eigenvalue weighted by molar-refractivity contribution is 0.118. The first-order valence-electron chi connectivity index (χ1n) is 9.47. The van der Waals surface area contributed by atoms with Gasteiger partial charge in [0, 0.05) is 37.1 Å². The number of hydrogen-bond donors (Lipinski definition) is 1. The van der Waals surface area contributed by atoms with Gasteiger partial charge in [-0.25, -0.2) is 9.97 Å². The van der Waals surface area contributed by atoms with E-state index in [1.165, 1.54) is 51.5 Å². The maximum Gasteiger partial charge on any atom is 0.150 e. The Kier molecular flexibility index (Phi) is 5.16. The fourth-order valence-corrected chi connectivity index (χ4v) is 4.16. The summed E-state index contributed by atoms with van der Waals surface area (Å²) >= 11 is 0. The molecule has 1 N–H and O–H groups in total. The zero-order valence-electron chi connectivity index (χ0n) is 14.6. The predicted octanol–water partition coefficient (Wildman–Crippen LogP) is 3.52. The van der Waals surface area contributed by atoms with E-state index in [2.05, 4.69) is 25.2 Å². The third kappa shape index (κ3) is 4.12. The van der Waals surface area contributed by atoms with Gasteiger partial charge >= 0.3 is 0 Å². The van der Waals surface area contributed by atoms with Crippen LogP contribution in [-0.2, 0) is 0 Å². The van der Waals surface area contributed by atoms with Crippen LogP contribution in [0, 0.1) is 0 Å². The minimum Gasteiger partial charge on any atom is -0.322 e. The summed E-state index contributed by atoms with van der Waals surface area (Å²) in [5.41, 5.74) is 1.09. The van der Waals surface area contributed by atoms with Gasteiger partial charge in [0.25, 0.3) is 0 Å². The Hall–Kier alpha value is -2.08. The number of aromatic nitrogens is 4. The van der Waals surface area contributed by atoms with Crippen molar-refractivity contribution in [1.82, 2.24) is 24.8 Å². The van der Waals surface area contributed by atoms with E-state index in [9.17, 15) is 0 Å². The Labute approximate surface area is 149 Å². The molecule has 0 radical (unpaired) electrons. The highest BCUT2D eigenvalue weighted by molar-refractivity contribution is 5.48. The van der Waals surface area contributed by atoms with Crippen LogP contribution in [-0.4, -0.2) is 44.0 Å². The van der Waals surface area contributed by atoms with Gasteiger partial charge in [-0.15, -0.1) is 0 Å². The summed E-state index contributed by atoms with van der Waals surface area (Å²) in [4.78, 5) is 20.2. The lowest BCUT2D eigenvalue weighted by atomic mass is 9.89. The van der Waals surface area contributed by atoms with E-state index in [0.717, 1.165) is 24.1 Å². The van der Waals surface area contributed by atoms with Gasteiger partial charge < -0.3 is 5.32 Å². The van der Waals surface area contributed by atoms with Gasteiger partial charge in [0.1, 0.15) is 11.6 Å². The Balaban J connectivity index is 1.44. The van der Waals surface area contributed by atoms with Gasteiger partial charge in [-0.2, -0.15) is 0 Å². The smallest absolute Gasteiger partial charge is 0.150 e. The van der Waals surface area contributed by atoms with Crippen LogP contribution < -0.4 is 5.32 Å². The first-order valence-corrected chi connectivity index (χ1v) is 9.47. The third-order valence-electron chi connectivity index (χ3n) is 5.43. The highest BCUT2D eigenvalue weighted by Crippen LogP contribution is 2.31. The molecule has 0 spiro atoms. The van der Waals surface area contributed by atoms with Crippen molar-refractivity contribution < 1.29 is 0 Å². The second-order valence-electron chi connectivity index (χ2n) is 7.17. The van der Waals surface area contributed by atoms with E-state index < -0.39 is 0 Å². The van der Waals surface area contributed by atoms with Crippen molar-refractivity contribution in [1.29, 1.82) is 0 Å². The van der Waals surface area contributed by atoms with E-state index in [1.54, 1.807) is 24.8 Å². The SMILES string of the molecule is c1cnc(Nc2cncc([C@H]3CCCN(C4CCCCC4)C3)n2)cn1. The van der Waals surface area contributed by atoms with Crippen LogP contribution in [0.5, 0.6) is 0 Å². The van der Waals surface area contributed by atoms with E-state index >= 15 is 0 Å². The van der Waals surface area contributed by atoms with Crippen molar-refractivity contribution in [3.8, 4) is 0 Å². The topological polar surface area (TPSA) is 66.8 Å². The van der Waals surface area contributed by atoms with Gasteiger partial charge in [0.2, 0.25) is 0 Å². The number of rotatable bonds is 4. The van der Waals surface area contributed by atoms with Gasteiger partial charge in [0.05, 0.1) is 18.1 Å². The van der Waals surface area contributed by atoms with Crippen LogP contribution in [0.1, 0.15) is 56.6 Å². The van der Waals surface area contributed by atoms with Crippen LogP contribution in [0.3, 0.4) is 0 Å². The van der Waals surface area contributed by atoms with Crippen LogP contribution in [0.4, 0.5) is 11.6 Å². The zero-order valence-corrected chi connectivity index (χ0v) is 14.6. The first kappa shape index (κ1) is 16.4. The molecular formula is C19H26N6. The maximum absolute atomic E-state index is 4.80. The summed E-state index contributed by atoms with van der Waals surface area (Å²) in [7, 11) is 0. The highest BCUT2D eigenvalue weighted by atomic mass is 15.2. The lowest BCUT2D eigenvalue weighted by Gasteiger charge is -2.39. The molecule has 2 fully saturated rings. The van der Waals surface area contributed by atoms with Crippen LogP contribution >= 0.6 is 0 Å². The molecule has 132 valence electrons. The number of hydrogen-bond acceptors (Lipinski definition) is 6. The standard InChI is InChI=1S/C19H26N6/c1-2-6-16(7-3-1)25-10-4-5-15(14-25)17-11-21-13-19(23-17)24-18-12-20-8-9-22-18/h8-9,11-13,15-16H,1-7,10,14H2,(H,22,23,24)/t15-/m0/s1. The van der Waals surface area contributed by atoms with Crippen LogP contribution in [0.25, 0.3) is 0 Å². The van der Waals surface area contributed by atoms with Crippen LogP contribution in [0.15, 0.2) is 31.0 Å². The molecule has 2 aromatic rings. The largest absolute Gasteiger partial charge is 0.322 e. The molecular weight excluding hydrogens is 312 g/mol. The van der Waals surface area contributed by atoms with Crippen molar-refractivity contribution in [2.24, 2.45) is 0 Å². The molecule has 0 unspecified atom stereocenters. The average Bonchev–Trinajstić information content (AvgIpc) is 2.70. The normalized spacial score (nSPS) is 22.6. The van der Waals surface area contributed by atoms with E-state index in [-0.39, 0.29) is 0 Å². The quantitative estimate of drug-likeness (QED) is 0.920. The molecule has 1 aliphatic heterocycles. The van der Waals surface area contributed by atoms with Crippen molar-refractivity contribution in [3.05, 3.63) is 36.7 Å². The molecule has 1 aliphatic carbocycles. The van der Waals surface area contributed by atoms with Crippen molar-refractivity contribution in [2.45, 2.75) is 56.9 Å². The Morgan fingerprint density at radius 2 is 1.76 bits per heavy atom. The number of anilines is 2. The fourth-order valence-electron chi connectivity index (χ4n) is 4.16. The average molecular weight is 338 g/mol. The fraction of sp³-hybridized carbons (Fsp3) is 0.579. The van der Waals surface area contributed by atoms with Gasteiger partial charge in [-0.1, -0.05) is 19.3 Å². The van der Waals surface area contributed by atoms with Gasteiger partial charge in [-0.3, -0.25) is 14.9 Å². The summed E-state index contributed by atoms with van der Waals surface area (Å²) in [6, 6.07) is 0.783. The van der Waals surface area contributed by atoms with Gasteiger partial charge in [-0.05, 0) is 32.2 Å². The summed E-state index contributed by atoms with van der Waals surface area (Å²) in [5, 5.41) is 3.20. The number of nitrogens with zero attached hydrogens (tertiary/aromatic N) is 5. The van der Waals surface area contributed by atoms with E-state index in [0.29, 0.717) is 11.7 Å². The van der Waals surface area contributed by atoms with Crippen LogP contribution in [0.2, 0.25) is 0 Å². The molecule has 0 amide bonds. The number of piperidine rings is 1. The summed E-state index contributed by atoms with van der Waals surface area (Å²) in [6.07, 6.45) is 18.1. The molecule has 0 aromatic carbocycles. The Morgan fingerprint density at radius 1 is 0.880 bits per heavy atom. The molecule has 6 nitrogen and oxygen atoms in total. The summed E-state index contributed by atoms with van der Waals surface area (Å²) in [6.45, 7) is 2.36. The highest BCUT2D eigenvalue weighted by Gasteiger charge is 2.28. The summed E-state index contributed by atoms with van der Waals surface area (Å²) < 4.78 is 0. The molecule has 4 rings (SSSR count). The number of likely N-dealkylation sites (tertiary alicyclic amines) is 1. The molecule has 6 heteroatoms. The van der Waals surface area contributed by atoms with E-state index in [4.69, 9.17) is 4.98 Å². The second kappa shape index (κ2) is 7.87. The number of nitrogens with one attached hydrogen (secondary N) is 1. The molecule has 1 saturated heterocycles. The molecule has 3 heterocycles. The second-order valence-corrected chi connectivity index (χ2v) is 7.17.